The van der Waals surface area contributed by atoms with Crippen LogP contribution in [0.2, 0.25) is 0 Å². The van der Waals surface area contributed by atoms with Crippen LogP contribution < -0.4 is 16.0 Å². The van der Waals surface area contributed by atoms with E-state index in [0.717, 1.165) is 37.4 Å². The molecule has 0 saturated heterocycles. The molecule has 0 spiro atoms. The predicted octanol–water partition coefficient (Wildman–Crippen LogP) is 3.65. The average Bonchev–Trinajstić information content (AvgIpc) is 3.36. The number of aromatic nitrogens is 1. The van der Waals surface area contributed by atoms with Crippen molar-refractivity contribution in [2.45, 2.75) is 29.9 Å². The molecule has 1 aliphatic rings. The first-order valence-corrected chi connectivity index (χ1v) is 11.0. The monoisotopic (exact) mass is 434 g/mol. The van der Waals surface area contributed by atoms with E-state index in [0.29, 0.717) is 33.1 Å². The Morgan fingerprint density at radius 3 is 2.76 bits per heavy atom. The fraction of sp³-hybridized carbons (Fsp3) is 0.368. The minimum absolute atomic E-state index is 0.0662. The van der Waals surface area contributed by atoms with Crippen molar-refractivity contribution in [3.63, 3.8) is 0 Å². The summed E-state index contributed by atoms with van der Waals surface area (Å²) in [7, 11) is 0. The largest absolute Gasteiger partial charge is 0.481 e. The third-order valence-electron chi connectivity index (χ3n) is 4.64. The average molecular weight is 435 g/mol. The summed E-state index contributed by atoms with van der Waals surface area (Å²) in [6.07, 6.45) is 5.97. The molecule has 2 aromatic rings. The van der Waals surface area contributed by atoms with Crippen molar-refractivity contribution in [1.82, 2.24) is 4.98 Å². The Bertz CT molecular complexity index is 896. The minimum atomic E-state index is -0.911. The van der Waals surface area contributed by atoms with Crippen molar-refractivity contribution < 1.29 is 19.5 Å². The number of anilines is 2. The third kappa shape index (κ3) is 5.94. The SMILES string of the molecule is NC(=O)c1cccc(N(CC2CCCC2)C(=O)Nc2ncc(SCC(=O)O)s2)c1. The van der Waals surface area contributed by atoms with Gasteiger partial charge in [0.25, 0.3) is 0 Å². The number of urea groups is 1. The molecule has 4 N–H and O–H groups in total. The Kier molecular flexibility index (Phi) is 7.10. The molecule has 1 aromatic carbocycles. The highest BCUT2D eigenvalue weighted by atomic mass is 32.2. The fourth-order valence-electron chi connectivity index (χ4n) is 3.26. The number of carboxylic acids is 1. The number of amides is 3. The van der Waals surface area contributed by atoms with Gasteiger partial charge >= 0.3 is 12.0 Å². The molecular weight excluding hydrogens is 412 g/mol. The molecule has 29 heavy (non-hydrogen) atoms. The number of thiazole rings is 1. The maximum absolute atomic E-state index is 13.0. The lowest BCUT2D eigenvalue weighted by Crippen LogP contribution is -2.38. The van der Waals surface area contributed by atoms with Gasteiger partial charge in [0.2, 0.25) is 5.91 Å². The zero-order chi connectivity index (χ0) is 20.8. The van der Waals surface area contributed by atoms with E-state index in [-0.39, 0.29) is 11.8 Å². The van der Waals surface area contributed by atoms with E-state index < -0.39 is 11.9 Å². The first-order chi connectivity index (χ1) is 13.9. The Balaban J connectivity index is 1.76. The van der Waals surface area contributed by atoms with Crippen molar-refractivity contribution in [1.29, 1.82) is 0 Å². The zero-order valence-corrected chi connectivity index (χ0v) is 17.3. The van der Waals surface area contributed by atoms with Gasteiger partial charge in [0.05, 0.1) is 16.2 Å². The minimum Gasteiger partial charge on any atom is -0.481 e. The number of hydrogen-bond acceptors (Lipinski definition) is 6. The molecule has 3 rings (SSSR count). The molecule has 154 valence electrons. The summed E-state index contributed by atoms with van der Waals surface area (Å²) in [6, 6.07) is 6.37. The smallest absolute Gasteiger partial charge is 0.328 e. The van der Waals surface area contributed by atoms with E-state index in [1.54, 1.807) is 35.4 Å². The summed E-state index contributed by atoms with van der Waals surface area (Å²) >= 11 is 2.38. The number of carbonyl (C=O) groups is 3. The second-order valence-corrected chi connectivity index (χ2v) is 9.08. The molecule has 0 bridgehead atoms. The first kappa shape index (κ1) is 21.1. The molecule has 8 nitrogen and oxygen atoms in total. The molecule has 1 saturated carbocycles. The van der Waals surface area contributed by atoms with Crippen molar-refractivity contribution in [2.24, 2.45) is 11.7 Å². The van der Waals surface area contributed by atoms with Crippen molar-refractivity contribution in [3.8, 4) is 0 Å². The summed E-state index contributed by atoms with van der Waals surface area (Å²) in [4.78, 5) is 41.0. The van der Waals surface area contributed by atoms with Crippen molar-refractivity contribution >= 4 is 51.8 Å². The van der Waals surface area contributed by atoms with E-state index >= 15 is 0 Å². The number of carbonyl (C=O) groups excluding carboxylic acids is 2. The van der Waals surface area contributed by atoms with E-state index in [9.17, 15) is 14.4 Å². The number of aliphatic carboxylic acids is 1. The lowest BCUT2D eigenvalue weighted by atomic mass is 10.1. The van der Waals surface area contributed by atoms with Gasteiger partial charge in [-0.2, -0.15) is 0 Å². The number of benzene rings is 1. The van der Waals surface area contributed by atoms with Crippen molar-refractivity contribution in [2.75, 3.05) is 22.5 Å². The summed E-state index contributed by atoms with van der Waals surface area (Å²) in [5.74, 6) is -1.13. The normalized spacial score (nSPS) is 13.9. The lowest BCUT2D eigenvalue weighted by Gasteiger charge is -2.26. The fourth-order valence-corrected chi connectivity index (χ4v) is 4.84. The highest BCUT2D eigenvalue weighted by molar-refractivity contribution is 8.01. The lowest BCUT2D eigenvalue weighted by molar-refractivity contribution is -0.133. The number of primary amides is 1. The van der Waals surface area contributed by atoms with Gasteiger partial charge in [-0.1, -0.05) is 30.2 Å². The van der Waals surface area contributed by atoms with Gasteiger partial charge in [-0.15, -0.1) is 11.8 Å². The number of rotatable bonds is 8. The number of carboxylic acid groups (broad SMARTS) is 1. The summed E-state index contributed by atoms with van der Waals surface area (Å²) < 4.78 is 0.709. The van der Waals surface area contributed by atoms with Gasteiger partial charge in [-0.25, -0.2) is 9.78 Å². The molecule has 1 aromatic heterocycles. The predicted molar refractivity (Wildman–Crippen MR) is 114 cm³/mol. The molecular formula is C19H22N4O4S2. The van der Waals surface area contributed by atoms with Crippen LogP contribution in [0.5, 0.6) is 0 Å². The van der Waals surface area contributed by atoms with E-state index in [2.05, 4.69) is 10.3 Å². The number of nitrogens with zero attached hydrogens (tertiary/aromatic N) is 2. The molecule has 0 atom stereocenters. The van der Waals surface area contributed by atoms with Gasteiger partial charge in [0.1, 0.15) is 0 Å². The van der Waals surface area contributed by atoms with Crippen LogP contribution in [0.1, 0.15) is 36.0 Å². The zero-order valence-electron chi connectivity index (χ0n) is 15.7. The highest BCUT2D eigenvalue weighted by Crippen LogP contribution is 2.30. The van der Waals surface area contributed by atoms with Crippen LogP contribution >= 0.6 is 23.1 Å². The van der Waals surface area contributed by atoms with Gasteiger partial charge in [0, 0.05) is 17.8 Å². The second kappa shape index (κ2) is 9.75. The van der Waals surface area contributed by atoms with Crippen LogP contribution in [0.3, 0.4) is 0 Å². The highest BCUT2D eigenvalue weighted by Gasteiger charge is 2.24. The molecule has 10 heteroatoms. The molecule has 3 amide bonds. The van der Waals surface area contributed by atoms with Gasteiger partial charge in [0.15, 0.2) is 5.13 Å². The number of nitrogens with one attached hydrogen (secondary N) is 1. The maximum Gasteiger partial charge on any atom is 0.328 e. The topological polar surface area (TPSA) is 126 Å². The Hall–Kier alpha value is -2.59. The molecule has 0 aliphatic heterocycles. The summed E-state index contributed by atoms with van der Waals surface area (Å²) in [6.45, 7) is 0.542. The van der Waals surface area contributed by atoms with E-state index in [1.165, 1.54) is 11.3 Å². The van der Waals surface area contributed by atoms with Gasteiger partial charge in [-0.3, -0.25) is 19.8 Å². The molecule has 0 radical (unpaired) electrons. The molecule has 1 heterocycles. The van der Waals surface area contributed by atoms with Crippen LogP contribution in [0.15, 0.2) is 34.7 Å². The van der Waals surface area contributed by atoms with Crippen LogP contribution in [0.4, 0.5) is 15.6 Å². The summed E-state index contributed by atoms with van der Waals surface area (Å²) in [5.41, 5.74) is 6.33. The van der Waals surface area contributed by atoms with E-state index in [4.69, 9.17) is 10.8 Å². The van der Waals surface area contributed by atoms with Crippen LogP contribution in [0, 0.1) is 5.92 Å². The Morgan fingerprint density at radius 2 is 2.07 bits per heavy atom. The molecule has 1 aliphatic carbocycles. The van der Waals surface area contributed by atoms with E-state index in [1.807, 2.05) is 0 Å². The maximum atomic E-state index is 13.0. The Morgan fingerprint density at radius 1 is 1.31 bits per heavy atom. The second-order valence-electron chi connectivity index (χ2n) is 6.77. The summed E-state index contributed by atoms with van der Waals surface area (Å²) in [5, 5.41) is 12.0. The Labute approximate surface area is 176 Å². The van der Waals surface area contributed by atoms with Crippen LogP contribution in [-0.4, -0.2) is 40.3 Å². The number of nitrogens with two attached hydrogens (primary N) is 1. The number of hydrogen-bond donors (Lipinski definition) is 3. The van der Waals surface area contributed by atoms with Gasteiger partial charge < -0.3 is 10.8 Å². The first-order valence-electron chi connectivity index (χ1n) is 9.21. The third-order valence-corrected chi connectivity index (χ3v) is 6.73. The number of thioether (sulfide) groups is 1. The van der Waals surface area contributed by atoms with Gasteiger partial charge in [-0.05, 0) is 37.0 Å². The van der Waals surface area contributed by atoms with Crippen LogP contribution in [0.25, 0.3) is 0 Å². The molecule has 0 unspecified atom stereocenters. The van der Waals surface area contributed by atoms with Crippen LogP contribution in [-0.2, 0) is 4.79 Å². The quantitative estimate of drug-likeness (QED) is 0.545. The standard InChI is InChI=1S/C19H22N4O4S2/c20-17(26)13-6-3-7-14(8-13)23(10-12-4-1-2-5-12)19(27)22-18-21-9-16(29-18)28-11-15(24)25/h3,6-9,12H,1-2,4-5,10-11H2,(H2,20,26)(H,24,25)(H,21,22,27). The van der Waals surface area contributed by atoms with Crippen molar-refractivity contribution in [3.05, 3.63) is 36.0 Å². The molecule has 1 fully saturated rings.